The molecule has 2 rings (SSSR count). The lowest BCUT2D eigenvalue weighted by molar-refractivity contribution is 0.556. The summed E-state index contributed by atoms with van der Waals surface area (Å²) in [6.45, 7) is 2.35. The van der Waals surface area contributed by atoms with Crippen molar-refractivity contribution < 1.29 is 0 Å². The maximum Gasteiger partial charge on any atom is 0.0408 e. The molecule has 3 heteroatoms. The lowest BCUT2D eigenvalue weighted by Gasteiger charge is -2.37. The molecule has 1 aliphatic carbocycles. The van der Waals surface area contributed by atoms with Crippen LogP contribution in [0.3, 0.4) is 0 Å². The third-order valence-corrected chi connectivity index (χ3v) is 7.46. The van der Waals surface area contributed by atoms with Crippen LogP contribution in [0.15, 0.2) is 11.6 Å². The van der Waals surface area contributed by atoms with Crippen LogP contribution < -0.4 is 5.32 Å². The van der Waals surface area contributed by atoms with Gasteiger partial charge in [-0.1, -0.05) is 25.0 Å². The molecule has 1 nitrogen and oxygen atoms in total. The van der Waals surface area contributed by atoms with Crippen molar-refractivity contribution in [3.8, 4) is 0 Å². The molecule has 18 heavy (non-hydrogen) atoms. The second kappa shape index (κ2) is 7.86. The molecule has 0 aromatic rings. The van der Waals surface area contributed by atoms with E-state index in [9.17, 15) is 0 Å². The van der Waals surface area contributed by atoms with Crippen LogP contribution >= 0.6 is 23.5 Å². The first-order valence-corrected chi connectivity index (χ1v) is 9.56. The Morgan fingerprint density at radius 2 is 2.11 bits per heavy atom. The number of thioether (sulfide) groups is 2. The van der Waals surface area contributed by atoms with E-state index in [0.717, 1.165) is 10.5 Å². The number of likely N-dealkylation sites (N-methyl/N-ethyl adjacent to an activating group) is 1. The quantitative estimate of drug-likeness (QED) is 0.781. The Morgan fingerprint density at radius 3 is 2.89 bits per heavy atom. The molecule has 0 saturated carbocycles. The van der Waals surface area contributed by atoms with Crippen molar-refractivity contribution in [1.29, 1.82) is 0 Å². The minimum Gasteiger partial charge on any atom is -0.312 e. The standard InChI is InChI=1S/C15H27NS2/c1-3-13-15(18-11-10-17-13)14(16-2)12-8-6-4-5-7-9-12/h8,13-16H,3-7,9-11H2,1-2H3. The van der Waals surface area contributed by atoms with Gasteiger partial charge in [0.2, 0.25) is 0 Å². The molecule has 0 radical (unpaired) electrons. The monoisotopic (exact) mass is 285 g/mol. The van der Waals surface area contributed by atoms with Gasteiger partial charge in [-0.3, -0.25) is 0 Å². The van der Waals surface area contributed by atoms with Gasteiger partial charge in [-0.05, 0) is 39.2 Å². The summed E-state index contributed by atoms with van der Waals surface area (Å²) in [7, 11) is 2.16. The SMILES string of the molecule is CCC1SCCSC1C(NC)C1=CCCCCC1. The molecule has 1 fully saturated rings. The van der Waals surface area contributed by atoms with Gasteiger partial charge in [-0.25, -0.2) is 0 Å². The van der Waals surface area contributed by atoms with Gasteiger partial charge in [0.1, 0.15) is 0 Å². The molecule has 0 amide bonds. The van der Waals surface area contributed by atoms with Gasteiger partial charge in [0, 0.05) is 28.0 Å². The third kappa shape index (κ3) is 3.71. The van der Waals surface area contributed by atoms with Gasteiger partial charge in [-0.15, -0.1) is 0 Å². The van der Waals surface area contributed by atoms with Crippen LogP contribution in [0.1, 0.15) is 45.4 Å². The Labute approximate surface area is 121 Å². The number of rotatable bonds is 4. The lowest BCUT2D eigenvalue weighted by Crippen LogP contribution is -2.44. The zero-order valence-electron chi connectivity index (χ0n) is 11.8. The molecule has 2 aliphatic rings. The zero-order valence-corrected chi connectivity index (χ0v) is 13.4. The van der Waals surface area contributed by atoms with Gasteiger partial charge in [0.05, 0.1) is 0 Å². The van der Waals surface area contributed by atoms with E-state index in [1.165, 1.54) is 50.0 Å². The average molecular weight is 286 g/mol. The van der Waals surface area contributed by atoms with Gasteiger partial charge >= 0.3 is 0 Å². The Morgan fingerprint density at radius 1 is 1.28 bits per heavy atom. The van der Waals surface area contributed by atoms with E-state index in [1.54, 1.807) is 5.57 Å². The Hall–Kier alpha value is 0.400. The highest BCUT2D eigenvalue weighted by atomic mass is 32.2. The van der Waals surface area contributed by atoms with E-state index >= 15 is 0 Å². The zero-order chi connectivity index (χ0) is 12.8. The predicted octanol–water partition coefficient (Wildman–Crippen LogP) is 4.09. The highest BCUT2D eigenvalue weighted by molar-refractivity contribution is 8.07. The van der Waals surface area contributed by atoms with Gasteiger partial charge < -0.3 is 5.32 Å². The minimum atomic E-state index is 0.617. The first-order chi connectivity index (χ1) is 8.86. The fourth-order valence-electron chi connectivity index (χ4n) is 3.13. The summed E-state index contributed by atoms with van der Waals surface area (Å²) in [6.07, 6.45) is 10.7. The first kappa shape index (κ1) is 14.8. The summed E-state index contributed by atoms with van der Waals surface area (Å²) >= 11 is 4.40. The summed E-state index contributed by atoms with van der Waals surface area (Å²) in [4.78, 5) is 0. The molecule has 0 aromatic heterocycles. The maximum absolute atomic E-state index is 3.63. The molecule has 3 unspecified atom stereocenters. The van der Waals surface area contributed by atoms with E-state index in [-0.39, 0.29) is 0 Å². The molecular weight excluding hydrogens is 258 g/mol. The smallest absolute Gasteiger partial charge is 0.0408 e. The molecule has 1 aliphatic heterocycles. The Bertz CT molecular complexity index is 278. The minimum absolute atomic E-state index is 0.617. The Kier molecular flexibility index (Phi) is 6.46. The molecule has 3 atom stereocenters. The van der Waals surface area contributed by atoms with Gasteiger partial charge in [0.15, 0.2) is 0 Å². The second-order valence-electron chi connectivity index (χ2n) is 5.30. The molecular formula is C15H27NS2. The second-order valence-corrected chi connectivity index (χ2v) is 7.93. The van der Waals surface area contributed by atoms with E-state index in [4.69, 9.17) is 0 Å². The molecule has 104 valence electrons. The van der Waals surface area contributed by atoms with E-state index < -0.39 is 0 Å². The average Bonchev–Trinajstić information content (AvgIpc) is 2.69. The van der Waals surface area contributed by atoms with Gasteiger partial charge in [-0.2, -0.15) is 23.5 Å². The number of allylic oxidation sites excluding steroid dienone is 1. The topological polar surface area (TPSA) is 12.0 Å². The van der Waals surface area contributed by atoms with Crippen molar-refractivity contribution in [2.75, 3.05) is 18.6 Å². The number of nitrogens with one attached hydrogen (secondary N) is 1. The van der Waals surface area contributed by atoms with Crippen LogP contribution in [0.4, 0.5) is 0 Å². The van der Waals surface area contributed by atoms with E-state index in [2.05, 4.69) is 48.9 Å². The van der Waals surface area contributed by atoms with Crippen LogP contribution in [-0.2, 0) is 0 Å². The molecule has 0 spiro atoms. The summed E-state index contributed by atoms with van der Waals surface area (Å²) < 4.78 is 0. The van der Waals surface area contributed by atoms with Crippen LogP contribution in [0, 0.1) is 0 Å². The Balaban J connectivity index is 2.07. The van der Waals surface area contributed by atoms with Crippen LogP contribution in [0.25, 0.3) is 0 Å². The molecule has 1 heterocycles. The van der Waals surface area contributed by atoms with Crippen molar-refractivity contribution in [2.45, 2.75) is 62.0 Å². The molecule has 0 aromatic carbocycles. The summed E-state index contributed by atoms with van der Waals surface area (Å²) in [5.41, 5.74) is 1.70. The number of hydrogen-bond acceptors (Lipinski definition) is 3. The fraction of sp³-hybridized carbons (Fsp3) is 0.867. The van der Waals surface area contributed by atoms with Crippen LogP contribution in [-0.4, -0.2) is 35.1 Å². The largest absolute Gasteiger partial charge is 0.312 e. The van der Waals surface area contributed by atoms with Crippen LogP contribution in [0.5, 0.6) is 0 Å². The number of hydrogen-bond donors (Lipinski definition) is 1. The summed E-state index contributed by atoms with van der Waals surface area (Å²) in [5, 5.41) is 5.25. The first-order valence-electron chi connectivity index (χ1n) is 7.46. The third-order valence-electron chi connectivity index (χ3n) is 4.11. The highest BCUT2D eigenvalue weighted by Gasteiger charge is 2.33. The lowest BCUT2D eigenvalue weighted by atomic mass is 9.96. The molecule has 0 bridgehead atoms. The van der Waals surface area contributed by atoms with E-state index in [0.29, 0.717) is 6.04 Å². The van der Waals surface area contributed by atoms with Crippen molar-refractivity contribution in [2.24, 2.45) is 0 Å². The van der Waals surface area contributed by atoms with Crippen molar-refractivity contribution >= 4 is 23.5 Å². The molecule has 1 N–H and O–H groups in total. The fourth-order valence-corrected chi connectivity index (χ4v) is 6.44. The highest BCUT2D eigenvalue weighted by Crippen LogP contribution is 2.38. The van der Waals surface area contributed by atoms with Crippen molar-refractivity contribution in [1.82, 2.24) is 5.32 Å². The van der Waals surface area contributed by atoms with Gasteiger partial charge in [0.25, 0.3) is 0 Å². The van der Waals surface area contributed by atoms with Crippen molar-refractivity contribution in [3.63, 3.8) is 0 Å². The summed E-state index contributed by atoms with van der Waals surface area (Å²) in [5.74, 6) is 2.67. The predicted molar refractivity (Wildman–Crippen MR) is 86.8 cm³/mol. The molecule has 1 saturated heterocycles. The van der Waals surface area contributed by atoms with Crippen molar-refractivity contribution in [3.05, 3.63) is 11.6 Å². The summed E-state index contributed by atoms with van der Waals surface area (Å²) in [6, 6.07) is 0.617. The normalized spacial score (nSPS) is 31.6. The maximum atomic E-state index is 3.63. The van der Waals surface area contributed by atoms with E-state index in [1.807, 2.05) is 0 Å². The van der Waals surface area contributed by atoms with Crippen LogP contribution in [0.2, 0.25) is 0 Å².